The maximum atomic E-state index is 13.4. The van der Waals surface area contributed by atoms with Gasteiger partial charge in [0.05, 0.1) is 28.7 Å². The fourth-order valence-electron chi connectivity index (χ4n) is 3.15. The zero-order chi connectivity index (χ0) is 19.5. The maximum Gasteiger partial charge on any atom is 0.263 e. The van der Waals surface area contributed by atoms with Crippen molar-refractivity contribution in [2.75, 3.05) is 5.73 Å². The van der Waals surface area contributed by atoms with Crippen molar-refractivity contribution in [3.05, 3.63) is 101 Å². The third-order valence-electron chi connectivity index (χ3n) is 4.51. The number of aromatic nitrogens is 2. The highest BCUT2D eigenvalue weighted by atomic mass is 16.1. The molecular weight excluding hydrogens is 348 g/mol. The van der Waals surface area contributed by atoms with Gasteiger partial charge >= 0.3 is 0 Å². The van der Waals surface area contributed by atoms with E-state index in [0.29, 0.717) is 28.1 Å². The van der Waals surface area contributed by atoms with E-state index in [1.807, 2.05) is 36.4 Å². The Bertz CT molecular complexity index is 1250. The number of rotatable bonds is 3. The molecule has 0 fully saturated rings. The average Bonchev–Trinajstić information content (AvgIpc) is 2.75. The van der Waals surface area contributed by atoms with Crippen molar-refractivity contribution in [3.8, 4) is 34.1 Å². The molecule has 0 saturated carbocycles. The van der Waals surface area contributed by atoms with Crippen LogP contribution < -0.4 is 11.3 Å². The smallest absolute Gasteiger partial charge is 0.263 e. The van der Waals surface area contributed by atoms with Gasteiger partial charge in [-0.25, -0.2) is 0 Å². The van der Waals surface area contributed by atoms with E-state index in [1.54, 1.807) is 48.8 Å². The summed E-state index contributed by atoms with van der Waals surface area (Å²) in [5.74, 6) is 0. The number of nitriles is 1. The minimum Gasteiger partial charge on any atom is -0.397 e. The second-order valence-corrected chi connectivity index (χ2v) is 6.25. The molecule has 0 atom stereocenters. The average molecular weight is 364 g/mol. The van der Waals surface area contributed by atoms with Gasteiger partial charge in [0, 0.05) is 29.1 Å². The Labute approximate surface area is 162 Å². The molecule has 4 aromatic rings. The van der Waals surface area contributed by atoms with Crippen LogP contribution in [0.1, 0.15) is 5.56 Å². The maximum absolute atomic E-state index is 13.4. The molecule has 4 rings (SSSR count). The molecule has 0 saturated heterocycles. The monoisotopic (exact) mass is 364 g/mol. The number of anilines is 1. The van der Waals surface area contributed by atoms with Crippen LogP contribution in [0.25, 0.3) is 28.1 Å². The van der Waals surface area contributed by atoms with Gasteiger partial charge in [0.2, 0.25) is 0 Å². The first kappa shape index (κ1) is 17.3. The number of para-hydroxylation sites is 2. The SMILES string of the molecule is N#Cc1ccccc1-c1cc(-c2ccccn2)cn(-c2ccccc2N)c1=O. The van der Waals surface area contributed by atoms with Crippen LogP contribution in [-0.4, -0.2) is 9.55 Å². The van der Waals surface area contributed by atoms with Gasteiger partial charge in [-0.1, -0.05) is 36.4 Å². The summed E-state index contributed by atoms with van der Waals surface area (Å²) < 4.78 is 1.52. The molecule has 0 aliphatic heterocycles. The van der Waals surface area contributed by atoms with Crippen molar-refractivity contribution in [2.45, 2.75) is 0 Å². The molecule has 0 bridgehead atoms. The van der Waals surface area contributed by atoms with Crippen LogP contribution in [0, 0.1) is 11.3 Å². The fraction of sp³-hybridized carbons (Fsp3) is 0. The summed E-state index contributed by atoms with van der Waals surface area (Å²) in [7, 11) is 0. The molecule has 0 unspecified atom stereocenters. The molecule has 0 spiro atoms. The highest BCUT2D eigenvalue weighted by Gasteiger charge is 2.15. The lowest BCUT2D eigenvalue weighted by Gasteiger charge is -2.14. The largest absolute Gasteiger partial charge is 0.397 e. The molecule has 5 nitrogen and oxygen atoms in total. The summed E-state index contributed by atoms with van der Waals surface area (Å²) in [4.78, 5) is 17.8. The van der Waals surface area contributed by atoms with Crippen molar-refractivity contribution in [1.29, 1.82) is 5.26 Å². The Balaban J connectivity index is 2.07. The Morgan fingerprint density at radius 3 is 2.43 bits per heavy atom. The first-order valence-corrected chi connectivity index (χ1v) is 8.71. The lowest BCUT2D eigenvalue weighted by atomic mass is 9.99. The van der Waals surface area contributed by atoms with Gasteiger partial charge in [-0.3, -0.25) is 14.3 Å². The van der Waals surface area contributed by atoms with Gasteiger partial charge in [0.25, 0.3) is 5.56 Å². The predicted octanol–water partition coefficient (Wildman–Crippen LogP) is 4.02. The molecule has 0 aliphatic rings. The van der Waals surface area contributed by atoms with E-state index in [-0.39, 0.29) is 5.56 Å². The third kappa shape index (κ3) is 3.04. The number of nitrogens with zero attached hydrogens (tertiary/aromatic N) is 3. The molecule has 134 valence electrons. The highest BCUT2D eigenvalue weighted by Crippen LogP contribution is 2.27. The van der Waals surface area contributed by atoms with Crippen LogP contribution in [0.15, 0.2) is 90.0 Å². The van der Waals surface area contributed by atoms with Crippen molar-refractivity contribution in [2.24, 2.45) is 0 Å². The third-order valence-corrected chi connectivity index (χ3v) is 4.51. The van der Waals surface area contributed by atoms with Crippen LogP contribution in [-0.2, 0) is 0 Å². The predicted molar refractivity (Wildman–Crippen MR) is 110 cm³/mol. The number of pyridine rings is 2. The van der Waals surface area contributed by atoms with E-state index >= 15 is 0 Å². The van der Waals surface area contributed by atoms with Gasteiger partial charge in [0.1, 0.15) is 0 Å². The van der Waals surface area contributed by atoms with Crippen LogP contribution in [0.3, 0.4) is 0 Å². The standard InChI is InChI=1S/C23H16N4O/c24-14-16-7-1-2-8-18(16)19-13-17(21-10-5-6-12-26-21)15-27(23(19)28)22-11-4-3-9-20(22)25/h1-13,15H,25H2. The second kappa shape index (κ2) is 7.22. The zero-order valence-electron chi connectivity index (χ0n) is 14.9. The first-order chi connectivity index (χ1) is 13.7. The normalized spacial score (nSPS) is 10.4. The molecule has 28 heavy (non-hydrogen) atoms. The van der Waals surface area contributed by atoms with Gasteiger partial charge in [0.15, 0.2) is 0 Å². The molecule has 2 aromatic heterocycles. The molecule has 0 radical (unpaired) electrons. The minimum atomic E-state index is -0.250. The van der Waals surface area contributed by atoms with Crippen LogP contribution >= 0.6 is 0 Å². The topological polar surface area (TPSA) is 84.7 Å². The van der Waals surface area contributed by atoms with E-state index in [0.717, 1.165) is 11.3 Å². The number of hydrogen-bond acceptors (Lipinski definition) is 4. The molecule has 5 heteroatoms. The van der Waals surface area contributed by atoms with E-state index in [2.05, 4.69) is 11.1 Å². The number of nitrogen functional groups attached to an aromatic ring is 1. The molecular formula is C23H16N4O. The van der Waals surface area contributed by atoms with Crippen LogP contribution in [0.2, 0.25) is 0 Å². The summed E-state index contributed by atoms with van der Waals surface area (Å²) in [6, 6.07) is 23.8. The van der Waals surface area contributed by atoms with E-state index < -0.39 is 0 Å². The first-order valence-electron chi connectivity index (χ1n) is 8.71. The lowest BCUT2D eigenvalue weighted by molar-refractivity contribution is 0.996. The van der Waals surface area contributed by atoms with Crippen molar-refractivity contribution in [3.63, 3.8) is 0 Å². The number of benzene rings is 2. The summed E-state index contributed by atoms with van der Waals surface area (Å²) in [5.41, 5.74) is 9.86. The zero-order valence-corrected chi connectivity index (χ0v) is 14.9. The molecule has 2 heterocycles. The summed E-state index contributed by atoms with van der Waals surface area (Å²) in [5, 5.41) is 9.50. The Hall–Kier alpha value is -4.17. The van der Waals surface area contributed by atoms with Gasteiger partial charge in [-0.05, 0) is 36.4 Å². The van der Waals surface area contributed by atoms with Crippen molar-refractivity contribution < 1.29 is 0 Å². The Morgan fingerprint density at radius 1 is 0.929 bits per heavy atom. The summed E-state index contributed by atoms with van der Waals surface area (Å²) in [6.07, 6.45) is 3.43. The minimum absolute atomic E-state index is 0.250. The Morgan fingerprint density at radius 2 is 1.68 bits per heavy atom. The van der Waals surface area contributed by atoms with Crippen molar-refractivity contribution >= 4 is 5.69 Å². The number of hydrogen-bond donors (Lipinski definition) is 1. The van der Waals surface area contributed by atoms with Gasteiger partial charge in [-0.15, -0.1) is 0 Å². The number of nitrogens with two attached hydrogens (primary N) is 1. The van der Waals surface area contributed by atoms with Gasteiger partial charge in [-0.2, -0.15) is 5.26 Å². The van der Waals surface area contributed by atoms with E-state index in [4.69, 9.17) is 5.73 Å². The Kier molecular flexibility index (Phi) is 4.45. The summed E-state index contributed by atoms with van der Waals surface area (Å²) in [6.45, 7) is 0. The second-order valence-electron chi connectivity index (χ2n) is 6.25. The lowest BCUT2D eigenvalue weighted by Crippen LogP contribution is -2.21. The molecule has 2 aromatic carbocycles. The highest BCUT2D eigenvalue weighted by molar-refractivity contribution is 5.75. The van der Waals surface area contributed by atoms with Crippen LogP contribution in [0.5, 0.6) is 0 Å². The quantitative estimate of drug-likeness (QED) is 0.556. The molecule has 0 aliphatic carbocycles. The molecule has 0 amide bonds. The fourth-order valence-corrected chi connectivity index (χ4v) is 3.15. The summed E-state index contributed by atoms with van der Waals surface area (Å²) >= 11 is 0. The van der Waals surface area contributed by atoms with Crippen LogP contribution in [0.4, 0.5) is 5.69 Å². The van der Waals surface area contributed by atoms with E-state index in [1.165, 1.54) is 4.57 Å². The van der Waals surface area contributed by atoms with E-state index in [9.17, 15) is 10.1 Å². The van der Waals surface area contributed by atoms with Crippen molar-refractivity contribution in [1.82, 2.24) is 9.55 Å². The molecule has 2 N–H and O–H groups in total. The van der Waals surface area contributed by atoms with Gasteiger partial charge < -0.3 is 5.73 Å².